The van der Waals surface area contributed by atoms with Crippen molar-refractivity contribution < 1.29 is 4.42 Å². The Hall–Kier alpha value is -6.64. The number of aryl methyl sites for hydroxylation is 2. The predicted octanol–water partition coefficient (Wildman–Crippen LogP) is 14.5. The van der Waals surface area contributed by atoms with E-state index in [1.165, 1.54) is 65.7 Å². The molecule has 0 spiro atoms. The first kappa shape index (κ1) is 30.2. The van der Waals surface area contributed by atoms with Crippen LogP contribution in [0.2, 0.25) is 0 Å². The third-order valence-electron chi connectivity index (χ3n) is 10.5. The normalized spacial score (nSPS) is 11.7. The maximum atomic E-state index is 6.20. The standard InChI is InChI=1S/C50H35NO/c1-32-11-9-13-38(27-32)51(39-14-10-12-33(2)28-39)40-25-23-34-29-36(22-21-35(34)30-40)49-42-16-3-5-18-44(42)50(45-19-6-4-17-43(45)49)37-24-26-48-46(31-37)41-15-7-8-20-47(41)52-48/h3-31H,1-2H3. The van der Waals surface area contributed by atoms with E-state index < -0.39 is 0 Å². The fourth-order valence-corrected chi connectivity index (χ4v) is 8.14. The van der Waals surface area contributed by atoms with Gasteiger partial charge in [0.05, 0.1) is 0 Å². The smallest absolute Gasteiger partial charge is 0.135 e. The molecule has 0 aliphatic heterocycles. The molecule has 2 heteroatoms. The quantitative estimate of drug-likeness (QED) is 0.170. The first-order valence-electron chi connectivity index (χ1n) is 17.9. The maximum Gasteiger partial charge on any atom is 0.135 e. The number of anilines is 3. The Kier molecular flexibility index (Phi) is 6.97. The van der Waals surface area contributed by atoms with Crippen molar-refractivity contribution in [2.24, 2.45) is 0 Å². The monoisotopic (exact) mass is 665 g/mol. The molecule has 10 aromatic rings. The van der Waals surface area contributed by atoms with Crippen LogP contribution in [-0.4, -0.2) is 0 Å². The van der Waals surface area contributed by atoms with Gasteiger partial charge < -0.3 is 9.32 Å². The van der Waals surface area contributed by atoms with Gasteiger partial charge >= 0.3 is 0 Å². The fourth-order valence-electron chi connectivity index (χ4n) is 8.14. The Morgan fingerprint density at radius 1 is 0.346 bits per heavy atom. The molecular formula is C50H35NO. The highest BCUT2D eigenvalue weighted by molar-refractivity contribution is 6.22. The number of nitrogens with zero attached hydrogens (tertiary/aromatic N) is 1. The molecule has 0 saturated carbocycles. The van der Waals surface area contributed by atoms with E-state index in [9.17, 15) is 0 Å². The zero-order chi connectivity index (χ0) is 34.8. The lowest BCUT2D eigenvalue weighted by molar-refractivity contribution is 0.669. The summed E-state index contributed by atoms with van der Waals surface area (Å²) in [6.07, 6.45) is 0. The zero-order valence-electron chi connectivity index (χ0n) is 29.1. The molecule has 10 rings (SSSR count). The van der Waals surface area contributed by atoms with E-state index in [1.54, 1.807) is 0 Å². The van der Waals surface area contributed by atoms with E-state index in [-0.39, 0.29) is 0 Å². The third-order valence-corrected chi connectivity index (χ3v) is 10.5. The number of furan rings is 1. The second-order valence-corrected chi connectivity index (χ2v) is 13.9. The van der Waals surface area contributed by atoms with Gasteiger partial charge in [0.2, 0.25) is 0 Å². The van der Waals surface area contributed by atoms with Gasteiger partial charge in [-0.3, -0.25) is 0 Å². The molecule has 0 fully saturated rings. The van der Waals surface area contributed by atoms with Gasteiger partial charge in [0, 0.05) is 27.8 Å². The van der Waals surface area contributed by atoms with Crippen LogP contribution in [0.1, 0.15) is 11.1 Å². The summed E-state index contributed by atoms with van der Waals surface area (Å²) in [6, 6.07) is 64.0. The number of benzene rings is 9. The summed E-state index contributed by atoms with van der Waals surface area (Å²) >= 11 is 0. The van der Waals surface area contributed by atoms with Crippen molar-refractivity contribution in [3.05, 3.63) is 187 Å². The summed E-state index contributed by atoms with van der Waals surface area (Å²) < 4.78 is 6.20. The minimum Gasteiger partial charge on any atom is -0.456 e. The summed E-state index contributed by atoms with van der Waals surface area (Å²) in [4.78, 5) is 2.36. The summed E-state index contributed by atoms with van der Waals surface area (Å²) in [5.74, 6) is 0. The van der Waals surface area contributed by atoms with Crippen molar-refractivity contribution in [1.82, 2.24) is 0 Å². The lowest BCUT2D eigenvalue weighted by Crippen LogP contribution is -2.10. The predicted molar refractivity (Wildman–Crippen MR) is 221 cm³/mol. The average Bonchev–Trinajstić information content (AvgIpc) is 3.55. The van der Waals surface area contributed by atoms with Gasteiger partial charge in [-0.2, -0.15) is 0 Å². The number of para-hydroxylation sites is 1. The van der Waals surface area contributed by atoms with Crippen molar-refractivity contribution in [1.29, 1.82) is 0 Å². The Morgan fingerprint density at radius 3 is 1.44 bits per heavy atom. The van der Waals surface area contributed by atoms with Crippen molar-refractivity contribution in [3.63, 3.8) is 0 Å². The van der Waals surface area contributed by atoms with Gasteiger partial charge in [-0.25, -0.2) is 0 Å². The lowest BCUT2D eigenvalue weighted by Gasteiger charge is -2.26. The molecule has 0 aliphatic rings. The minimum absolute atomic E-state index is 0.912. The van der Waals surface area contributed by atoms with E-state index >= 15 is 0 Å². The topological polar surface area (TPSA) is 16.4 Å². The second-order valence-electron chi connectivity index (χ2n) is 13.9. The van der Waals surface area contributed by atoms with E-state index in [0.29, 0.717) is 0 Å². The largest absolute Gasteiger partial charge is 0.456 e. The van der Waals surface area contributed by atoms with E-state index in [1.807, 2.05) is 12.1 Å². The molecule has 9 aromatic carbocycles. The van der Waals surface area contributed by atoms with Crippen molar-refractivity contribution in [2.75, 3.05) is 4.90 Å². The second kappa shape index (κ2) is 12.0. The Bertz CT molecular complexity index is 2900. The van der Waals surface area contributed by atoms with Crippen LogP contribution < -0.4 is 4.90 Å². The third kappa shape index (κ3) is 4.95. The van der Waals surface area contributed by atoms with Gasteiger partial charge in [0.25, 0.3) is 0 Å². The molecule has 0 radical (unpaired) electrons. The molecule has 246 valence electrons. The molecule has 52 heavy (non-hydrogen) atoms. The minimum atomic E-state index is 0.912. The van der Waals surface area contributed by atoms with Gasteiger partial charge in [0.15, 0.2) is 0 Å². The lowest BCUT2D eigenvalue weighted by atomic mass is 9.85. The van der Waals surface area contributed by atoms with Crippen LogP contribution in [0, 0.1) is 13.8 Å². The van der Waals surface area contributed by atoms with Crippen LogP contribution in [0.3, 0.4) is 0 Å². The molecule has 0 atom stereocenters. The van der Waals surface area contributed by atoms with Crippen molar-refractivity contribution in [2.45, 2.75) is 13.8 Å². The van der Waals surface area contributed by atoms with Crippen molar-refractivity contribution >= 4 is 71.3 Å². The van der Waals surface area contributed by atoms with Gasteiger partial charge in [-0.05, 0) is 140 Å². The molecule has 0 unspecified atom stereocenters. The van der Waals surface area contributed by atoms with Gasteiger partial charge in [-0.1, -0.05) is 115 Å². The van der Waals surface area contributed by atoms with Crippen LogP contribution in [-0.2, 0) is 0 Å². The number of rotatable bonds is 5. The molecule has 1 aromatic heterocycles. The molecular weight excluding hydrogens is 631 g/mol. The highest BCUT2D eigenvalue weighted by atomic mass is 16.3. The van der Waals surface area contributed by atoms with Crippen LogP contribution >= 0.6 is 0 Å². The van der Waals surface area contributed by atoms with E-state index in [2.05, 4.69) is 183 Å². The molecule has 0 bridgehead atoms. The Morgan fingerprint density at radius 2 is 0.827 bits per heavy atom. The van der Waals surface area contributed by atoms with Crippen LogP contribution in [0.25, 0.3) is 76.5 Å². The summed E-state index contributed by atoms with van der Waals surface area (Å²) in [5.41, 5.74) is 12.7. The summed E-state index contributed by atoms with van der Waals surface area (Å²) in [5, 5.41) is 9.68. The molecule has 2 nitrogen and oxygen atoms in total. The van der Waals surface area contributed by atoms with Crippen LogP contribution in [0.5, 0.6) is 0 Å². The summed E-state index contributed by atoms with van der Waals surface area (Å²) in [7, 11) is 0. The Labute approximate surface area is 302 Å². The molecule has 0 aliphatic carbocycles. The number of hydrogen-bond acceptors (Lipinski definition) is 2. The maximum absolute atomic E-state index is 6.20. The SMILES string of the molecule is Cc1cccc(N(c2cccc(C)c2)c2ccc3cc(-c4c5ccccc5c(-c5ccc6oc7ccccc7c6c5)c5ccccc45)ccc3c2)c1. The van der Waals surface area contributed by atoms with Gasteiger partial charge in [0.1, 0.15) is 11.2 Å². The number of hydrogen-bond donors (Lipinski definition) is 0. The molecule has 0 N–H and O–H groups in total. The highest BCUT2D eigenvalue weighted by Crippen LogP contribution is 2.45. The molecule has 1 heterocycles. The molecule has 0 amide bonds. The summed E-state index contributed by atoms with van der Waals surface area (Å²) in [6.45, 7) is 4.30. The van der Waals surface area contributed by atoms with Crippen LogP contribution in [0.15, 0.2) is 180 Å². The average molecular weight is 666 g/mol. The van der Waals surface area contributed by atoms with Crippen LogP contribution in [0.4, 0.5) is 17.1 Å². The number of fused-ring (bicyclic) bond motifs is 6. The van der Waals surface area contributed by atoms with Gasteiger partial charge in [-0.15, -0.1) is 0 Å². The van der Waals surface area contributed by atoms with E-state index in [0.717, 1.165) is 39.0 Å². The first-order chi connectivity index (χ1) is 25.6. The highest BCUT2D eigenvalue weighted by Gasteiger charge is 2.19. The Balaban J connectivity index is 1.14. The van der Waals surface area contributed by atoms with Crippen molar-refractivity contribution in [3.8, 4) is 22.3 Å². The first-order valence-corrected chi connectivity index (χ1v) is 17.9. The van der Waals surface area contributed by atoms with E-state index in [4.69, 9.17) is 4.42 Å². The fraction of sp³-hybridized carbons (Fsp3) is 0.0400. The zero-order valence-corrected chi connectivity index (χ0v) is 29.1. The molecule has 0 saturated heterocycles.